The molecule has 1 fully saturated rings. The maximum Gasteiger partial charge on any atom is 0.334 e. The maximum atomic E-state index is 12.6. The number of nitrogens with two attached hydrogens (primary N) is 2. The molecule has 3 aliphatic heterocycles. The number of pyridine rings is 1. The molecule has 0 spiro atoms. The summed E-state index contributed by atoms with van der Waals surface area (Å²) in [6.07, 6.45) is 7.95. The van der Waals surface area contributed by atoms with E-state index in [1.807, 2.05) is 83.8 Å². The van der Waals surface area contributed by atoms with Crippen molar-refractivity contribution in [2.24, 2.45) is 21.5 Å². The van der Waals surface area contributed by atoms with Gasteiger partial charge in [0.1, 0.15) is 24.0 Å². The number of fused-ring (bicyclic) bond motifs is 2. The molecule has 1 saturated heterocycles. The summed E-state index contributed by atoms with van der Waals surface area (Å²) in [5, 5.41) is 0. The number of hydrogen-bond donors (Lipinski definition) is 2. The van der Waals surface area contributed by atoms with Crippen LogP contribution in [0.25, 0.3) is 23.3 Å². The average Bonchev–Trinajstić information content (AvgIpc) is 3.61. The minimum atomic E-state index is -0.381. The van der Waals surface area contributed by atoms with E-state index in [9.17, 15) is 14.4 Å². The summed E-state index contributed by atoms with van der Waals surface area (Å²) < 4.78 is 16.0. The lowest BCUT2D eigenvalue weighted by Gasteiger charge is -2.15. The van der Waals surface area contributed by atoms with Crippen LogP contribution in [0.15, 0.2) is 106 Å². The smallest absolute Gasteiger partial charge is 0.334 e. The molecular weight excluding hydrogens is 709 g/mol. The van der Waals surface area contributed by atoms with Crippen LogP contribution < -0.4 is 16.2 Å². The molecule has 4 heterocycles. The van der Waals surface area contributed by atoms with Crippen molar-refractivity contribution in [3.05, 3.63) is 119 Å². The average molecular weight is 757 g/mol. The predicted molar refractivity (Wildman–Crippen MR) is 220 cm³/mol. The van der Waals surface area contributed by atoms with Crippen LogP contribution in [0, 0.1) is 0 Å². The molecule has 0 atom stereocenters. The number of esters is 2. The second-order valence-corrected chi connectivity index (χ2v) is 13.0. The first-order chi connectivity index (χ1) is 26.7. The number of ether oxygens (including phenoxy) is 3. The van der Waals surface area contributed by atoms with Crippen molar-refractivity contribution in [3.8, 4) is 16.9 Å². The van der Waals surface area contributed by atoms with Crippen molar-refractivity contribution in [1.82, 2.24) is 9.88 Å². The Morgan fingerprint density at radius 2 is 1.29 bits per heavy atom. The van der Waals surface area contributed by atoms with Gasteiger partial charge in [-0.3, -0.25) is 9.78 Å². The lowest BCUT2D eigenvalue weighted by molar-refractivity contribution is -0.139. The van der Waals surface area contributed by atoms with Crippen LogP contribution in [0.4, 0.5) is 11.4 Å². The van der Waals surface area contributed by atoms with Gasteiger partial charge in [-0.15, -0.1) is 0 Å². The summed E-state index contributed by atoms with van der Waals surface area (Å²) in [6, 6.07) is 24.6. The summed E-state index contributed by atoms with van der Waals surface area (Å²) in [6.45, 7) is 6.20. The second kappa shape index (κ2) is 19.2. The number of hydrogen-bond acceptors (Lipinski definition) is 11. The molecule has 0 radical (unpaired) electrons. The van der Waals surface area contributed by atoms with E-state index in [0.29, 0.717) is 59.6 Å². The summed E-state index contributed by atoms with van der Waals surface area (Å²) in [5.41, 5.74) is 19.4. The number of likely N-dealkylation sites (tertiary alicyclic amines) is 1. The van der Waals surface area contributed by atoms with Gasteiger partial charge in [-0.1, -0.05) is 31.7 Å². The summed E-state index contributed by atoms with van der Waals surface area (Å²) >= 11 is 0. The van der Waals surface area contributed by atoms with Gasteiger partial charge < -0.3 is 30.6 Å². The zero-order valence-corrected chi connectivity index (χ0v) is 31.0. The number of carbonyl (C=O) groups excluding carboxylic acids is 3. The van der Waals surface area contributed by atoms with Crippen LogP contribution in [-0.2, 0) is 25.7 Å². The fourth-order valence-electron chi connectivity index (χ4n) is 6.31. The number of benzene rings is 3. The topological polar surface area (TPSA) is 172 Å². The molecule has 4 aromatic rings. The number of nitrogens with zero attached hydrogens (tertiary/aromatic N) is 4. The van der Waals surface area contributed by atoms with Gasteiger partial charge >= 0.3 is 11.9 Å². The highest BCUT2D eigenvalue weighted by atomic mass is 16.5. The fraction of sp³-hybridized carbons (Fsp3) is 0.273. The first-order valence-electron chi connectivity index (χ1n) is 18.3. The van der Waals surface area contributed by atoms with Gasteiger partial charge in [0.05, 0.1) is 30.3 Å². The van der Waals surface area contributed by atoms with Crippen molar-refractivity contribution in [2.75, 3.05) is 26.3 Å². The fourth-order valence-corrected chi connectivity index (χ4v) is 6.31. The van der Waals surface area contributed by atoms with Gasteiger partial charge in [-0.05, 0) is 105 Å². The third-order valence-corrected chi connectivity index (χ3v) is 9.00. The van der Waals surface area contributed by atoms with E-state index < -0.39 is 0 Å². The van der Waals surface area contributed by atoms with Gasteiger partial charge in [-0.2, -0.15) is 0 Å². The van der Waals surface area contributed by atoms with Crippen molar-refractivity contribution in [3.63, 3.8) is 0 Å². The minimum absolute atomic E-state index is 0. The van der Waals surface area contributed by atoms with Crippen LogP contribution in [-0.4, -0.2) is 65.7 Å². The summed E-state index contributed by atoms with van der Waals surface area (Å²) in [5.74, 6) is 0.755. The predicted octanol–water partition coefficient (Wildman–Crippen LogP) is 7.56. The minimum Gasteiger partial charge on any atom is -0.487 e. The molecule has 290 valence electrons. The second-order valence-electron chi connectivity index (χ2n) is 13.0. The molecule has 1 aromatic heterocycles. The summed E-state index contributed by atoms with van der Waals surface area (Å²) in [7, 11) is 0. The quantitative estimate of drug-likeness (QED) is 0.164. The number of aromatic nitrogens is 1. The van der Waals surface area contributed by atoms with E-state index in [-0.39, 0.29) is 38.1 Å². The first kappa shape index (κ1) is 40.6. The lowest BCUT2D eigenvalue weighted by Crippen LogP contribution is -2.27. The zero-order valence-electron chi connectivity index (χ0n) is 31.0. The molecule has 0 bridgehead atoms. The Labute approximate surface area is 327 Å². The third-order valence-electron chi connectivity index (χ3n) is 9.00. The van der Waals surface area contributed by atoms with Gasteiger partial charge in [0.25, 0.3) is 5.91 Å². The molecule has 4 N–H and O–H groups in total. The van der Waals surface area contributed by atoms with E-state index in [4.69, 9.17) is 25.7 Å². The third kappa shape index (κ3) is 10.3. The Kier molecular flexibility index (Phi) is 13.9. The Bertz CT molecular complexity index is 2170. The van der Waals surface area contributed by atoms with Crippen LogP contribution in [0.1, 0.15) is 74.1 Å². The molecular formula is C44H48N6O6. The Morgan fingerprint density at radius 1 is 0.714 bits per heavy atom. The number of rotatable bonds is 9. The zero-order chi connectivity index (χ0) is 38.7. The van der Waals surface area contributed by atoms with Gasteiger partial charge in [0.2, 0.25) is 0 Å². The van der Waals surface area contributed by atoms with Gasteiger partial charge in [0.15, 0.2) is 0 Å². The van der Waals surface area contributed by atoms with Crippen LogP contribution >= 0.6 is 0 Å². The highest BCUT2D eigenvalue weighted by molar-refractivity contribution is 6.04. The molecule has 56 heavy (non-hydrogen) atoms. The maximum absolute atomic E-state index is 12.6. The highest BCUT2D eigenvalue weighted by Crippen LogP contribution is 2.33. The van der Waals surface area contributed by atoms with Crippen LogP contribution in [0.5, 0.6) is 5.75 Å². The number of aliphatic imine (C=N–C) groups is 2. The van der Waals surface area contributed by atoms with Crippen molar-refractivity contribution in [1.29, 1.82) is 0 Å². The SMILES string of the molecule is C.CCOC(=O)C1=Cc2cc(-c3ccc(C(=O)N4CCCC4)cc3)ccc2N=C(N)C1.CCOC(=O)C1=Cc2cc(OCc3ccccn3)ccc2N=C(N)C1. The molecule has 0 saturated carbocycles. The van der Waals surface area contributed by atoms with E-state index in [1.54, 1.807) is 32.2 Å². The van der Waals surface area contributed by atoms with Crippen molar-refractivity contribution >= 4 is 53.0 Å². The molecule has 0 unspecified atom stereocenters. The van der Waals surface area contributed by atoms with Gasteiger partial charge in [-0.25, -0.2) is 19.6 Å². The van der Waals surface area contributed by atoms with Crippen LogP contribution in [0.2, 0.25) is 0 Å². The number of carbonyl (C=O) groups is 3. The van der Waals surface area contributed by atoms with Crippen molar-refractivity contribution < 1.29 is 28.6 Å². The van der Waals surface area contributed by atoms with Gasteiger partial charge in [0, 0.05) is 60.0 Å². The molecule has 3 aromatic carbocycles. The van der Waals surface area contributed by atoms with Crippen molar-refractivity contribution in [2.45, 2.75) is 53.6 Å². The van der Waals surface area contributed by atoms with E-state index in [2.05, 4.69) is 15.0 Å². The molecule has 7 rings (SSSR count). The Morgan fingerprint density at radius 3 is 1.86 bits per heavy atom. The molecule has 12 nitrogen and oxygen atoms in total. The monoisotopic (exact) mass is 756 g/mol. The largest absolute Gasteiger partial charge is 0.487 e. The Balaban J connectivity index is 0.000000214. The molecule has 3 aliphatic rings. The normalized spacial score (nSPS) is 14.3. The molecule has 12 heteroatoms. The van der Waals surface area contributed by atoms with Crippen LogP contribution in [0.3, 0.4) is 0 Å². The highest BCUT2D eigenvalue weighted by Gasteiger charge is 2.21. The standard InChI is InChI=1S/C24H25N3O3.C19H19N3O3.CH4/c1-2-30-24(29)20-14-19-13-18(9-10-21(19)26-22(25)15-20)16-5-7-17(8-6-16)23(28)27-11-3-4-12-27;1-2-24-19(23)14-9-13-10-16(6-7-17(13)22-18(20)11-14)25-12-15-5-3-4-8-21-15;/h5-10,13-14H,2-4,11-12,15H2,1H3,(H2,25,26);3-10H,2,11-12H2,1H3,(H2,20,22);1H4. The molecule has 1 amide bonds. The van der Waals surface area contributed by atoms with E-state index in [1.165, 1.54) is 0 Å². The first-order valence-corrected chi connectivity index (χ1v) is 18.3. The van der Waals surface area contributed by atoms with E-state index in [0.717, 1.165) is 59.6 Å². The molecule has 0 aliphatic carbocycles. The number of amides is 1. The van der Waals surface area contributed by atoms with E-state index >= 15 is 0 Å². The lowest BCUT2D eigenvalue weighted by atomic mass is 9.99. The number of amidine groups is 2. The Hall–Kier alpha value is -6.56. The summed E-state index contributed by atoms with van der Waals surface area (Å²) in [4.78, 5) is 51.8.